The van der Waals surface area contributed by atoms with E-state index in [0.717, 1.165) is 0 Å². The zero-order valence-electron chi connectivity index (χ0n) is 16.1. The van der Waals surface area contributed by atoms with Gasteiger partial charge in [0.05, 0.1) is 14.2 Å². The van der Waals surface area contributed by atoms with Crippen molar-refractivity contribution in [2.45, 2.75) is 45.4 Å². The van der Waals surface area contributed by atoms with Crippen molar-refractivity contribution in [1.82, 2.24) is 5.32 Å². The molecule has 0 bridgehead atoms. The first-order chi connectivity index (χ1) is 12.7. The number of hydrogen-bond acceptors (Lipinski definition) is 7. The summed E-state index contributed by atoms with van der Waals surface area (Å²) in [5.41, 5.74) is 0.276. The molecule has 1 saturated heterocycles. The molecule has 1 amide bonds. The SMILES string of the molecule is COc1cc(OC)cc(C(=O)N[C@H](C(=O)OC2CC(C)OC2=O)C(C)C)c1. The maximum absolute atomic E-state index is 12.6. The van der Waals surface area contributed by atoms with E-state index in [0.29, 0.717) is 17.9 Å². The van der Waals surface area contributed by atoms with Gasteiger partial charge in [-0.1, -0.05) is 13.8 Å². The topological polar surface area (TPSA) is 100 Å². The van der Waals surface area contributed by atoms with Crippen molar-refractivity contribution in [2.75, 3.05) is 14.2 Å². The molecular formula is C19H25NO7. The first kappa shape index (κ1) is 20.5. The third-order valence-electron chi connectivity index (χ3n) is 4.21. The number of benzene rings is 1. The van der Waals surface area contributed by atoms with Crippen molar-refractivity contribution >= 4 is 17.8 Å². The molecule has 1 heterocycles. The highest BCUT2D eigenvalue weighted by atomic mass is 16.6. The molecule has 148 valence electrons. The Morgan fingerprint density at radius 1 is 1.15 bits per heavy atom. The summed E-state index contributed by atoms with van der Waals surface area (Å²) in [6.07, 6.45) is -0.939. The normalized spacial score (nSPS) is 20.0. The molecule has 1 aliphatic rings. The number of nitrogens with one attached hydrogen (secondary N) is 1. The summed E-state index contributed by atoms with van der Waals surface area (Å²) in [4.78, 5) is 36.8. The number of carbonyl (C=O) groups is 3. The minimum absolute atomic E-state index is 0.246. The summed E-state index contributed by atoms with van der Waals surface area (Å²) in [6, 6.07) is 3.80. The molecule has 2 unspecified atom stereocenters. The van der Waals surface area contributed by atoms with Gasteiger partial charge in [-0.05, 0) is 25.0 Å². The van der Waals surface area contributed by atoms with Crippen LogP contribution in [0.3, 0.4) is 0 Å². The van der Waals surface area contributed by atoms with Crippen molar-refractivity contribution in [3.63, 3.8) is 0 Å². The second-order valence-electron chi connectivity index (χ2n) is 6.71. The van der Waals surface area contributed by atoms with E-state index in [2.05, 4.69) is 5.32 Å². The van der Waals surface area contributed by atoms with Crippen molar-refractivity contribution in [3.8, 4) is 11.5 Å². The molecule has 8 heteroatoms. The zero-order chi connectivity index (χ0) is 20.1. The Balaban J connectivity index is 2.12. The van der Waals surface area contributed by atoms with Gasteiger partial charge < -0.3 is 24.3 Å². The second-order valence-corrected chi connectivity index (χ2v) is 6.71. The summed E-state index contributed by atoms with van der Waals surface area (Å²) in [7, 11) is 2.96. The molecule has 1 aromatic carbocycles. The molecule has 8 nitrogen and oxygen atoms in total. The van der Waals surface area contributed by atoms with E-state index in [1.807, 2.05) is 0 Å². The zero-order valence-corrected chi connectivity index (χ0v) is 16.1. The van der Waals surface area contributed by atoms with Gasteiger partial charge in [-0.2, -0.15) is 0 Å². The maximum atomic E-state index is 12.6. The highest BCUT2D eigenvalue weighted by molar-refractivity contribution is 5.97. The number of rotatable bonds is 7. The lowest BCUT2D eigenvalue weighted by molar-refractivity contribution is -0.162. The van der Waals surface area contributed by atoms with Crippen molar-refractivity contribution in [3.05, 3.63) is 23.8 Å². The van der Waals surface area contributed by atoms with Gasteiger partial charge in [0.1, 0.15) is 23.6 Å². The number of cyclic esters (lactones) is 1. The van der Waals surface area contributed by atoms with E-state index < -0.39 is 30.0 Å². The minimum atomic E-state index is -0.942. The van der Waals surface area contributed by atoms with E-state index >= 15 is 0 Å². The number of carbonyl (C=O) groups excluding carboxylic acids is 3. The second kappa shape index (κ2) is 8.75. The highest BCUT2D eigenvalue weighted by Crippen LogP contribution is 2.23. The van der Waals surface area contributed by atoms with E-state index in [-0.39, 0.29) is 17.6 Å². The molecule has 1 aliphatic heterocycles. The molecular weight excluding hydrogens is 354 g/mol. The maximum Gasteiger partial charge on any atom is 0.347 e. The number of methoxy groups -OCH3 is 2. The summed E-state index contributed by atoms with van der Waals surface area (Å²) >= 11 is 0. The van der Waals surface area contributed by atoms with Crippen LogP contribution >= 0.6 is 0 Å². The van der Waals surface area contributed by atoms with Crippen LogP contribution in [0.4, 0.5) is 0 Å². The van der Waals surface area contributed by atoms with Crippen LogP contribution in [0.2, 0.25) is 0 Å². The van der Waals surface area contributed by atoms with Crippen LogP contribution in [0, 0.1) is 5.92 Å². The summed E-state index contributed by atoms with van der Waals surface area (Å²) in [5, 5.41) is 2.66. The molecule has 2 rings (SSSR count). The number of esters is 2. The Hall–Kier alpha value is -2.77. The predicted molar refractivity (Wildman–Crippen MR) is 95.7 cm³/mol. The largest absolute Gasteiger partial charge is 0.497 e. The first-order valence-electron chi connectivity index (χ1n) is 8.70. The third-order valence-corrected chi connectivity index (χ3v) is 4.21. The van der Waals surface area contributed by atoms with Crippen LogP contribution in [0.5, 0.6) is 11.5 Å². The average Bonchev–Trinajstić information content (AvgIpc) is 2.95. The van der Waals surface area contributed by atoms with Gasteiger partial charge in [0.15, 0.2) is 0 Å². The molecule has 0 aromatic heterocycles. The Morgan fingerprint density at radius 3 is 2.19 bits per heavy atom. The lowest BCUT2D eigenvalue weighted by Gasteiger charge is -2.22. The number of amides is 1. The lowest BCUT2D eigenvalue weighted by Crippen LogP contribution is -2.46. The molecule has 0 radical (unpaired) electrons. The quantitative estimate of drug-likeness (QED) is 0.720. The lowest BCUT2D eigenvalue weighted by atomic mass is 10.0. The van der Waals surface area contributed by atoms with E-state index in [1.54, 1.807) is 26.8 Å². The van der Waals surface area contributed by atoms with Crippen LogP contribution < -0.4 is 14.8 Å². The molecule has 0 spiro atoms. The van der Waals surface area contributed by atoms with Gasteiger partial charge >= 0.3 is 11.9 Å². The molecule has 0 aliphatic carbocycles. The van der Waals surface area contributed by atoms with Crippen LogP contribution in [-0.4, -0.2) is 50.3 Å². The van der Waals surface area contributed by atoms with E-state index in [9.17, 15) is 14.4 Å². The van der Waals surface area contributed by atoms with Crippen LogP contribution in [0.15, 0.2) is 18.2 Å². The minimum Gasteiger partial charge on any atom is -0.497 e. The van der Waals surface area contributed by atoms with Gasteiger partial charge in [0, 0.05) is 18.1 Å². The molecule has 3 atom stereocenters. The molecule has 1 fully saturated rings. The Labute approximate surface area is 158 Å². The van der Waals surface area contributed by atoms with Gasteiger partial charge in [-0.3, -0.25) is 4.79 Å². The average molecular weight is 379 g/mol. The third kappa shape index (κ3) is 5.12. The van der Waals surface area contributed by atoms with Gasteiger partial charge in [0.25, 0.3) is 5.91 Å². The Morgan fingerprint density at radius 2 is 1.74 bits per heavy atom. The Kier molecular flexibility index (Phi) is 6.65. The predicted octanol–water partition coefficient (Wildman–Crippen LogP) is 1.71. The summed E-state index contributed by atoms with van der Waals surface area (Å²) in [6.45, 7) is 5.27. The fraction of sp³-hybridized carbons (Fsp3) is 0.526. The number of ether oxygens (including phenoxy) is 4. The Bertz CT molecular complexity index is 694. The standard InChI is InChI=1S/C19H25NO7/c1-10(2)16(19(23)27-15-6-11(3)26-18(15)22)20-17(21)12-7-13(24-4)9-14(8-12)25-5/h7-11,15-16H,6H2,1-5H3,(H,20,21)/t11?,15?,16-/m0/s1. The molecule has 1 N–H and O–H groups in total. The van der Waals surface area contributed by atoms with Crippen LogP contribution in [0.1, 0.15) is 37.6 Å². The highest BCUT2D eigenvalue weighted by Gasteiger charge is 2.37. The van der Waals surface area contributed by atoms with Crippen molar-refractivity contribution in [1.29, 1.82) is 0 Å². The fourth-order valence-corrected chi connectivity index (χ4v) is 2.69. The van der Waals surface area contributed by atoms with E-state index in [4.69, 9.17) is 18.9 Å². The van der Waals surface area contributed by atoms with Crippen molar-refractivity contribution in [2.24, 2.45) is 5.92 Å². The summed E-state index contributed by atoms with van der Waals surface area (Å²) in [5.74, 6) is -1.07. The van der Waals surface area contributed by atoms with Crippen LogP contribution in [-0.2, 0) is 19.1 Å². The van der Waals surface area contributed by atoms with Crippen molar-refractivity contribution < 1.29 is 33.3 Å². The first-order valence-corrected chi connectivity index (χ1v) is 8.70. The molecule has 1 aromatic rings. The fourth-order valence-electron chi connectivity index (χ4n) is 2.69. The van der Waals surface area contributed by atoms with Gasteiger partial charge in [-0.25, -0.2) is 9.59 Å². The number of hydrogen-bond donors (Lipinski definition) is 1. The van der Waals surface area contributed by atoms with E-state index in [1.165, 1.54) is 26.4 Å². The monoisotopic (exact) mass is 379 g/mol. The molecule has 0 saturated carbocycles. The van der Waals surface area contributed by atoms with Gasteiger partial charge in [0.2, 0.25) is 6.10 Å². The van der Waals surface area contributed by atoms with Crippen LogP contribution in [0.25, 0.3) is 0 Å². The summed E-state index contributed by atoms with van der Waals surface area (Å²) < 4.78 is 20.6. The smallest absolute Gasteiger partial charge is 0.347 e. The van der Waals surface area contributed by atoms with Gasteiger partial charge in [-0.15, -0.1) is 0 Å². The molecule has 27 heavy (non-hydrogen) atoms.